The van der Waals surface area contributed by atoms with Gasteiger partial charge in [0.2, 0.25) is 15.9 Å². The number of amides is 1. The molecule has 0 spiro atoms. The van der Waals surface area contributed by atoms with Gasteiger partial charge < -0.3 is 5.32 Å². The first kappa shape index (κ1) is 16.3. The van der Waals surface area contributed by atoms with Gasteiger partial charge in [-0.25, -0.2) is 8.42 Å². The van der Waals surface area contributed by atoms with E-state index in [1.807, 2.05) is 13.0 Å². The molecule has 1 aromatic rings. The number of carbonyl (C=O) groups excluding carboxylic acids is 1. The molecule has 1 aliphatic rings. The molecule has 0 aromatic heterocycles. The van der Waals surface area contributed by atoms with Gasteiger partial charge in [-0.3, -0.25) is 4.79 Å². The van der Waals surface area contributed by atoms with Gasteiger partial charge in [0.15, 0.2) is 0 Å². The van der Waals surface area contributed by atoms with Gasteiger partial charge in [0.1, 0.15) is 6.04 Å². The van der Waals surface area contributed by atoms with Crippen LogP contribution in [0.1, 0.15) is 24.8 Å². The fourth-order valence-corrected chi connectivity index (χ4v) is 3.76. The van der Waals surface area contributed by atoms with Crippen molar-refractivity contribution in [2.24, 2.45) is 0 Å². The summed E-state index contributed by atoms with van der Waals surface area (Å²) >= 11 is 6.03. The normalized spacial score (nSPS) is 20.2. The Labute approximate surface area is 130 Å². The molecule has 21 heavy (non-hydrogen) atoms. The summed E-state index contributed by atoms with van der Waals surface area (Å²) in [5, 5.41) is 3.32. The summed E-state index contributed by atoms with van der Waals surface area (Å²) < 4.78 is 24.8. The number of piperidine rings is 1. The van der Waals surface area contributed by atoms with Crippen molar-refractivity contribution in [3.8, 4) is 0 Å². The quantitative estimate of drug-likeness (QED) is 0.925. The molecule has 0 radical (unpaired) electrons. The summed E-state index contributed by atoms with van der Waals surface area (Å²) in [5.41, 5.74) is 1.50. The molecule has 0 bridgehead atoms. The van der Waals surface area contributed by atoms with Crippen LogP contribution in [0.3, 0.4) is 0 Å². The summed E-state index contributed by atoms with van der Waals surface area (Å²) in [4.78, 5) is 12.4. The van der Waals surface area contributed by atoms with E-state index in [0.717, 1.165) is 24.7 Å². The maximum atomic E-state index is 12.4. The number of halogens is 1. The predicted molar refractivity (Wildman–Crippen MR) is 84.0 cm³/mol. The second kappa shape index (κ2) is 6.34. The van der Waals surface area contributed by atoms with Crippen LogP contribution in [0.5, 0.6) is 0 Å². The number of nitrogens with zero attached hydrogens (tertiary/aromatic N) is 1. The van der Waals surface area contributed by atoms with E-state index in [0.29, 0.717) is 23.7 Å². The minimum atomic E-state index is -3.38. The van der Waals surface area contributed by atoms with Crippen LogP contribution in [-0.4, -0.2) is 37.5 Å². The van der Waals surface area contributed by atoms with Crippen molar-refractivity contribution >= 4 is 33.2 Å². The molecule has 1 aliphatic heterocycles. The van der Waals surface area contributed by atoms with E-state index in [2.05, 4.69) is 5.32 Å². The van der Waals surface area contributed by atoms with Gasteiger partial charge in [0.25, 0.3) is 0 Å². The molecule has 0 saturated carbocycles. The van der Waals surface area contributed by atoms with Crippen LogP contribution in [-0.2, 0) is 14.8 Å². The van der Waals surface area contributed by atoms with Crippen LogP contribution in [0.2, 0.25) is 5.02 Å². The topological polar surface area (TPSA) is 66.5 Å². The first-order valence-electron chi connectivity index (χ1n) is 6.83. The maximum Gasteiger partial charge on any atom is 0.242 e. The summed E-state index contributed by atoms with van der Waals surface area (Å²) in [6.07, 6.45) is 3.31. The Morgan fingerprint density at radius 3 is 2.71 bits per heavy atom. The molecule has 2 rings (SSSR count). The van der Waals surface area contributed by atoms with Gasteiger partial charge in [-0.2, -0.15) is 4.31 Å². The molecule has 1 saturated heterocycles. The molecule has 1 heterocycles. The highest BCUT2D eigenvalue weighted by atomic mass is 35.5. The molecule has 0 aliphatic carbocycles. The number of rotatable bonds is 3. The van der Waals surface area contributed by atoms with Crippen molar-refractivity contribution in [1.82, 2.24) is 4.31 Å². The number of sulfonamides is 1. The lowest BCUT2D eigenvalue weighted by molar-refractivity contribution is -0.120. The first-order chi connectivity index (χ1) is 9.79. The molecule has 1 amide bonds. The Kier molecular flexibility index (Phi) is 4.91. The van der Waals surface area contributed by atoms with Crippen molar-refractivity contribution in [2.75, 3.05) is 18.1 Å². The van der Waals surface area contributed by atoms with Crippen LogP contribution in [0, 0.1) is 6.92 Å². The van der Waals surface area contributed by atoms with E-state index in [-0.39, 0.29) is 5.91 Å². The summed E-state index contributed by atoms with van der Waals surface area (Å²) in [7, 11) is -3.38. The number of anilines is 1. The molecule has 7 heteroatoms. The zero-order chi connectivity index (χ0) is 15.6. The van der Waals surface area contributed by atoms with Gasteiger partial charge in [-0.05, 0) is 37.5 Å². The van der Waals surface area contributed by atoms with E-state index < -0.39 is 16.1 Å². The van der Waals surface area contributed by atoms with Crippen LogP contribution >= 0.6 is 11.6 Å². The van der Waals surface area contributed by atoms with E-state index in [1.165, 1.54) is 4.31 Å². The van der Waals surface area contributed by atoms with Gasteiger partial charge >= 0.3 is 0 Å². The third kappa shape index (κ3) is 3.96. The lowest BCUT2D eigenvalue weighted by Crippen LogP contribution is -2.49. The van der Waals surface area contributed by atoms with Crippen LogP contribution in [0.4, 0.5) is 5.69 Å². The average Bonchev–Trinajstić information content (AvgIpc) is 2.42. The highest BCUT2D eigenvalue weighted by Crippen LogP contribution is 2.23. The molecule has 1 aromatic carbocycles. The Morgan fingerprint density at radius 1 is 1.38 bits per heavy atom. The van der Waals surface area contributed by atoms with Gasteiger partial charge in [0.05, 0.1) is 6.26 Å². The van der Waals surface area contributed by atoms with Crippen molar-refractivity contribution in [3.05, 3.63) is 28.8 Å². The van der Waals surface area contributed by atoms with E-state index in [9.17, 15) is 13.2 Å². The number of hydrogen-bond acceptors (Lipinski definition) is 3. The van der Waals surface area contributed by atoms with Gasteiger partial charge in [0, 0.05) is 17.3 Å². The molecule has 116 valence electrons. The highest BCUT2D eigenvalue weighted by molar-refractivity contribution is 7.88. The standard InChI is InChI=1S/C14H19ClN2O3S/c1-10-6-7-11(9-12(10)15)16-14(18)13-5-3-4-8-17(13)21(2,19)20/h6-7,9,13H,3-5,8H2,1-2H3,(H,16,18). The van der Waals surface area contributed by atoms with E-state index in [1.54, 1.807) is 12.1 Å². The zero-order valence-corrected chi connectivity index (χ0v) is 13.7. The van der Waals surface area contributed by atoms with Gasteiger partial charge in [-0.1, -0.05) is 24.1 Å². The molecule has 1 N–H and O–H groups in total. The zero-order valence-electron chi connectivity index (χ0n) is 12.1. The first-order valence-corrected chi connectivity index (χ1v) is 9.05. The lowest BCUT2D eigenvalue weighted by atomic mass is 10.0. The Hall–Kier alpha value is -1.11. The monoisotopic (exact) mass is 330 g/mol. The van der Waals surface area contributed by atoms with Crippen LogP contribution in [0.15, 0.2) is 18.2 Å². The Balaban J connectivity index is 2.16. The Morgan fingerprint density at radius 2 is 2.10 bits per heavy atom. The maximum absolute atomic E-state index is 12.4. The second-order valence-electron chi connectivity index (χ2n) is 5.34. The molecular weight excluding hydrogens is 312 g/mol. The molecule has 1 fully saturated rings. The predicted octanol–water partition coefficient (Wildman–Crippen LogP) is 2.40. The molecule has 1 unspecified atom stereocenters. The molecular formula is C14H19ClN2O3S. The van der Waals surface area contributed by atoms with Crippen molar-refractivity contribution in [3.63, 3.8) is 0 Å². The van der Waals surface area contributed by atoms with Gasteiger partial charge in [-0.15, -0.1) is 0 Å². The number of nitrogens with one attached hydrogen (secondary N) is 1. The van der Waals surface area contributed by atoms with Crippen LogP contribution in [0.25, 0.3) is 0 Å². The van der Waals surface area contributed by atoms with Crippen molar-refractivity contribution in [1.29, 1.82) is 0 Å². The van der Waals surface area contributed by atoms with Crippen LogP contribution < -0.4 is 5.32 Å². The number of aryl methyl sites for hydroxylation is 1. The number of hydrogen-bond donors (Lipinski definition) is 1. The number of benzene rings is 1. The Bertz CT molecular complexity index is 646. The fourth-order valence-electron chi connectivity index (χ4n) is 2.46. The fraction of sp³-hybridized carbons (Fsp3) is 0.500. The third-order valence-corrected chi connectivity index (χ3v) is 5.32. The molecule has 1 atom stereocenters. The number of carbonyl (C=O) groups is 1. The highest BCUT2D eigenvalue weighted by Gasteiger charge is 2.34. The average molecular weight is 331 g/mol. The summed E-state index contributed by atoms with van der Waals surface area (Å²) in [6.45, 7) is 2.27. The lowest BCUT2D eigenvalue weighted by Gasteiger charge is -2.32. The van der Waals surface area contributed by atoms with Crippen molar-refractivity contribution < 1.29 is 13.2 Å². The smallest absolute Gasteiger partial charge is 0.242 e. The van der Waals surface area contributed by atoms with E-state index in [4.69, 9.17) is 11.6 Å². The molecule has 5 nitrogen and oxygen atoms in total. The van der Waals surface area contributed by atoms with Crippen molar-refractivity contribution in [2.45, 2.75) is 32.2 Å². The second-order valence-corrected chi connectivity index (χ2v) is 7.68. The largest absolute Gasteiger partial charge is 0.325 e. The van der Waals surface area contributed by atoms with E-state index >= 15 is 0 Å². The third-order valence-electron chi connectivity index (χ3n) is 3.62. The summed E-state index contributed by atoms with van der Waals surface area (Å²) in [6, 6.07) is 4.59. The minimum Gasteiger partial charge on any atom is -0.325 e. The summed E-state index contributed by atoms with van der Waals surface area (Å²) in [5.74, 6) is -0.306. The SMILES string of the molecule is Cc1ccc(NC(=O)C2CCCCN2S(C)(=O)=O)cc1Cl. The minimum absolute atomic E-state index is 0.306.